The molecule has 0 aromatic carbocycles. The number of rotatable bonds is 2. The molecule has 0 aromatic rings. The molecule has 0 spiro atoms. The molecule has 2 heteroatoms. The second-order valence-corrected chi connectivity index (χ2v) is 6.73. The molecule has 2 bridgehead atoms. The molecule has 0 aromatic heterocycles. The summed E-state index contributed by atoms with van der Waals surface area (Å²) in [7, 11) is 3.80. The van der Waals surface area contributed by atoms with Crippen molar-refractivity contribution < 1.29 is 9.47 Å². The molecule has 8 unspecified atom stereocenters. The lowest BCUT2D eigenvalue weighted by atomic mass is 9.43. The van der Waals surface area contributed by atoms with E-state index in [2.05, 4.69) is 12.2 Å². The van der Waals surface area contributed by atoms with Crippen molar-refractivity contribution in [1.29, 1.82) is 0 Å². The van der Waals surface area contributed by atoms with Crippen LogP contribution in [0, 0.1) is 35.5 Å². The molecule has 0 radical (unpaired) electrons. The van der Waals surface area contributed by atoms with Crippen molar-refractivity contribution in [3.63, 3.8) is 0 Å². The molecule has 3 fully saturated rings. The van der Waals surface area contributed by atoms with Gasteiger partial charge in [-0.1, -0.05) is 12.2 Å². The molecular formula is C16H24O2. The van der Waals surface area contributed by atoms with Crippen molar-refractivity contribution in [2.75, 3.05) is 14.2 Å². The molecule has 8 atom stereocenters. The third-order valence-corrected chi connectivity index (χ3v) is 6.46. The second kappa shape index (κ2) is 4.08. The summed E-state index contributed by atoms with van der Waals surface area (Å²) in [4.78, 5) is 0. The van der Waals surface area contributed by atoms with Crippen LogP contribution >= 0.6 is 0 Å². The van der Waals surface area contributed by atoms with Gasteiger partial charge in [-0.15, -0.1) is 0 Å². The van der Waals surface area contributed by atoms with Gasteiger partial charge in [-0.3, -0.25) is 0 Å². The van der Waals surface area contributed by atoms with E-state index in [1.165, 1.54) is 25.7 Å². The zero-order chi connectivity index (χ0) is 12.3. The number of hydrogen-bond donors (Lipinski definition) is 0. The van der Waals surface area contributed by atoms with Gasteiger partial charge in [0.25, 0.3) is 0 Å². The zero-order valence-corrected chi connectivity index (χ0v) is 11.4. The molecule has 0 heterocycles. The fraction of sp³-hybridized carbons (Fsp3) is 0.875. The predicted molar refractivity (Wildman–Crippen MR) is 70.1 cm³/mol. The van der Waals surface area contributed by atoms with Crippen molar-refractivity contribution in [2.45, 2.75) is 37.9 Å². The van der Waals surface area contributed by atoms with Gasteiger partial charge >= 0.3 is 0 Å². The van der Waals surface area contributed by atoms with Crippen LogP contribution in [0.4, 0.5) is 0 Å². The molecule has 0 N–H and O–H groups in total. The number of allylic oxidation sites excluding steroid dienone is 2. The average molecular weight is 248 g/mol. The van der Waals surface area contributed by atoms with Crippen molar-refractivity contribution >= 4 is 0 Å². The lowest BCUT2D eigenvalue weighted by Gasteiger charge is -2.63. The molecule has 5 aliphatic carbocycles. The maximum Gasteiger partial charge on any atom is 0.0610 e. The lowest BCUT2D eigenvalue weighted by Crippen LogP contribution is -2.60. The van der Waals surface area contributed by atoms with Crippen molar-refractivity contribution in [1.82, 2.24) is 0 Å². The van der Waals surface area contributed by atoms with Gasteiger partial charge in [0.05, 0.1) is 12.2 Å². The van der Waals surface area contributed by atoms with E-state index in [1.807, 2.05) is 14.2 Å². The van der Waals surface area contributed by atoms with Gasteiger partial charge in [0.1, 0.15) is 0 Å². The number of ether oxygens (including phenoxy) is 2. The van der Waals surface area contributed by atoms with Gasteiger partial charge in [0.15, 0.2) is 0 Å². The van der Waals surface area contributed by atoms with Gasteiger partial charge in [0.2, 0.25) is 0 Å². The third-order valence-electron chi connectivity index (χ3n) is 6.46. The topological polar surface area (TPSA) is 18.5 Å². The van der Waals surface area contributed by atoms with E-state index in [1.54, 1.807) is 0 Å². The highest BCUT2D eigenvalue weighted by molar-refractivity contribution is 5.20. The highest BCUT2D eigenvalue weighted by Gasteiger charge is 2.59. The highest BCUT2D eigenvalue weighted by atomic mass is 16.5. The Hall–Kier alpha value is -0.340. The molecule has 5 rings (SSSR count). The average Bonchev–Trinajstić information content (AvgIpc) is 2.37. The van der Waals surface area contributed by atoms with Gasteiger partial charge in [-0.25, -0.2) is 0 Å². The van der Waals surface area contributed by atoms with E-state index in [9.17, 15) is 0 Å². The standard InChI is InChI=1S/C16H24O2/c1-17-13-7-8-14(18-2)16-12-6-5-11(15(13)16)9-3-4-10(9)12/h5-6,9-16H,3-4,7-8H2,1-2H3. The first kappa shape index (κ1) is 11.5. The summed E-state index contributed by atoms with van der Waals surface area (Å²) in [5.41, 5.74) is 0. The molecule has 0 saturated heterocycles. The highest BCUT2D eigenvalue weighted by Crippen LogP contribution is 2.62. The van der Waals surface area contributed by atoms with E-state index in [4.69, 9.17) is 9.47 Å². The first-order valence-corrected chi connectivity index (χ1v) is 7.59. The smallest absolute Gasteiger partial charge is 0.0610 e. The second-order valence-electron chi connectivity index (χ2n) is 6.73. The van der Waals surface area contributed by atoms with Crippen LogP contribution in [0.1, 0.15) is 25.7 Å². The van der Waals surface area contributed by atoms with Gasteiger partial charge in [0, 0.05) is 14.2 Å². The van der Waals surface area contributed by atoms with Gasteiger partial charge in [-0.2, -0.15) is 0 Å². The molecular weight excluding hydrogens is 224 g/mol. The Morgan fingerprint density at radius 1 is 0.722 bits per heavy atom. The summed E-state index contributed by atoms with van der Waals surface area (Å²) in [6.45, 7) is 0. The van der Waals surface area contributed by atoms with Crippen LogP contribution in [0.5, 0.6) is 0 Å². The summed E-state index contributed by atoms with van der Waals surface area (Å²) >= 11 is 0. The molecule has 18 heavy (non-hydrogen) atoms. The maximum atomic E-state index is 5.82. The quantitative estimate of drug-likeness (QED) is 0.700. The number of hydrogen-bond acceptors (Lipinski definition) is 2. The molecule has 2 nitrogen and oxygen atoms in total. The van der Waals surface area contributed by atoms with Crippen LogP contribution in [-0.2, 0) is 9.47 Å². The molecule has 0 aliphatic heterocycles. The minimum absolute atomic E-state index is 0.473. The maximum absolute atomic E-state index is 5.82. The van der Waals surface area contributed by atoms with E-state index < -0.39 is 0 Å². The van der Waals surface area contributed by atoms with Gasteiger partial charge < -0.3 is 9.47 Å². The Morgan fingerprint density at radius 3 is 1.50 bits per heavy atom. The Morgan fingerprint density at radius 2 is 1.17 bits per heavy atom. The van der Waals surface area contributed by atoms with Crippen LogP contribution in [0.25, 0.3) is 0 Å². The molecule has 100 valence electrons. The number of methoxy groups -OCH3 is 2. The minimum atomic E-state index is 0.473. The van der Waals surface area contributed by atoms with Crippen LogP contribution in [0.2, 0.25) is 0 Å². The van der Waals surface area contributed by atoms with E-state index in [0.29, 0.717) is 12.2 Å². The van der Waals surface area contributed by atoms with E-state index in [0.717, 1.165) is 35.5 Å². The Balaban J connectivity index is 1.71. The van der Waals surface area contributed by atoms with E-state index in [-0.39, 0.29) is 0 Å². The fourth-order valence-electron chi connectivity index (χ4n) is 5.64. The predicted octanol–water partition coefficient (Wildman–Crippen LogP) is 2.88. The van der Waals surface area contributed by atoms with E-state index >= 15 is 0 Å². The Kier molecular flexibility index (Phi) is 2.60. The summed E-state index contributed by atoms with van der Waals surface area (Å²) in [5.74, 6) is 4.95. The van der Waals surface area contributed by atoms with Crippen LogP contribution in [0.15, 0.2) is 12.2 Å². The monoisotopic (exact) mass is 248 g/mol. The first-order valence-electron chi connectivity index (χ1n) is 7.59. The molecule has 3 saturated carbocycles. The summed E-state index contributed by atoms with van der Waals surface area (Å²) in [5, 5.41) is 0. The Bertz CT molecular complexity index is 330. The van der Waals surface area contributed by atoms with Gasteiger partial charge in [-0.05, 0) is 61.2 Å². The molecule has 0 amide bonds. The SMILES string of the molecule is COC1CCC(OC)C2C3C=CC(C4CCC34)C12. The molecule has 5 aliphatic rings. The minimum Gasteiger partial charge on any atom is -0.381 e. The zero-order valence-electron chi connectivity index (χ0n) is 11.4. The lowest BCUT2D eigenvalue weighted by molar-refractivity contribution is -0.171. The Labute approximate surface area is 110 Å². The van der Waals surface area contributed by atoms with Crippen LogP contribution in [-0.4, -0.2) is 26.4 Å². The van der Waals surface area contributed by atoms with Crippen molar-refractivity contribution in [3.8, 4) is 0 Å². The van der Waals surface area contributed by atoms with Crippen LogP contribution < -0.4 is 0 Å². The normalized spacial score (nSPS) is 56.8. The van der Waals surface area contributed by atoms with Crippen LogP contribution in [0.3, 0.4) is 0 Å². The first-order chi connectivity index (χ1) is 8.85. The van der Waals surface area contributed by atoms with Crippen molar-refractivity contribution in [3.05, 3.63) is 12.2 Å². The van der Waals surface area contributed by atoms with Crippen molar-refractivity contribution in [2.24, 2.45) is 35.5 Å². The largest absolute Gasteiger partial charge is 0.381 e. The third kappa shape index (κ3) is 1.31. The summed E-state index contributed by atoms with van der Waals surface area (Å²) in [6, 6.07) is 0. The fourth-order valence-corrected chi connectivity index (χ4v) is 5.64. The summed E-state index contributed by atoms with van der Waals surface area (Å²) in [6.07, 6.45) is 11.3. The summed E-state index contributed by atoms with van der Waals surface area (Å²) < 4.78 is 11.6.